The van der Waals surface area contributed by atoms with Gasteiger partial charge in [0, 0.05) is 57.5 Å². The Hall–Kier alpha value is -4.15. The molecule has 1 aromatic carbocycles. The van der Waals surface area contributed by atoms with Crippen molar-refractivity contribution < 1.29 is 19.1 Å². The monoisotopic (exact) mass is 577 g/mol. The molecule has 0 spiro atoms. The Bertz CT molecular complexity index is 1340. The molecular formula is C31H43N7O4. The molecule has 1 atom stereocenters. The quantitative estimate of drug-likeness (QED) is 0.347. The Labute approximate surface area is 248 Å². The van der Waals surface area contributed by atoms with Gasteiger partial charge in [0.25, 0.3) is 0 Å². The van der Waals surface area contributed by atoms with Crippen molar-refractivity contribution in [1.29, 1.82) is 0 Å². The summed E-state index contributed by atoms with van der Waals surface area (Å²) < 4.78 is 12.5. The van der Waals surface area contributed by atoms with Crippen molar-refractivity contribution in [3.8, 4) is 17.4 Å². The fourth-order valence-electron chi connectivity index (χ4n) is 5.09. The average molecular weight is 578 g/mol. The first-order valence-corrected chi connectivity index (χ1v) is 14.6. The number of ether oxygens (including phenoxy) is 2. The second-order valence-electron chi connectivity index (χ2n) is 11.4. The molecule has 1 aliphatic rings. The van der Waals surface area contributed by atoms with Gasteiger partial charge < -0.3 is 24.6 Å². The minimum absolute atomic E-state index is 0.0810. The number of amides is 2. The lowest BCUT2D eigenvalue weighted by molar-refractivity contribution is -0.136. The van der Waals surface area contributed by atoms with Crippen molar-refractivity contribution in [3.05, 3.63) is 54.2 Å². The molecule has 1 fully saturated rings. The molecular weight excluding hydrogens is 534 g/mol. The van der Waals surface area contributed by atoms with Crippen molar-refractivity contribution in [2.24, 2.45) is 5.92 Å². The number of methoxy groups -OCH3 is 2. The Morgan fingerprint density at radius 2 is 1.83 bits per heavy atom. The number of hydrogen-bond acceptors (Lipinski definition) is 8. The number of nitrogens with one attached hydrogen (secondary N) is 1. The van der Waals surface area contributed by atoms with E-state index in [4.69, 9.17) is 19.4 Å². The third kappa shape index (κ3) is 7.77. The summed E-state index contributed by atoms with van der Waals surface area (Å²) in [6, 6.07) is 7.48. The molecule has 1 aliphatic heterocycles. The van der Waals surface area contributed by atoms with Crippen molar-refractivity contribution >= 4 is 17.6 Å². The lowest BCUT2D eigenvalue weighted by Gasteiger charge is -2.42. The molecule has 3 aromatic rings. The molecule has 42 heavy (non-hydrogen) atoms. The van der Waals surface area contributed by atoms with E-state index in [0.29, 0.717) is 56.5 Å². The van der Waals surface area contributed by atoms with Gasteiger partial charge in [-0.2, -0.15) is 4.98 Å². The highest BCUT2D eigenvalue weighted by atomic mass is 16.5. The number of carbonyl (C=O) groups is 2. The number of nitrogens with zero attached hydrogens (tertiary/aromatic N) is 6. The minimum Gasteiger partial charge on any atom is -0.493 e. The Morgan fingerprint density at radius 1 is 1.05 bits per heavy atom. The molecule has 226 valence electrons. The summed E-state index contributed by atoms with van der Waals surface area (Å²) in [6.45, 7) is 10.4. The number of aromatic nitrogens is 4. The summed E-state index contributed by atoms with van der Waals surface area (Å²) in [4.78, 5) is 44.1. The second-order valence-corrected chi connectivity index (χ2v) is 11.4. The number of anilines is 1. The maximum absolute atomic E-state index is 13.2. The van der Waals surface area contributed by atoms with Crippen LogP contribution in [0.5, 0.6) is 11.5 Å². The van der Waals surface area contributed by atoms with Gasteiger partial charge in [0.1, 0.15) is 12.1 Å². The van der Waals surface area contributed by atoms with E-state index in [-0.39, 0.29) is 36.1 Å². The standard InChI is InChI=1S/C31H43N7O4/c1-21(2)15-30(40)38-14-13-36(28-18-25(22(3)4)34-31(35-28)37-12-11-32-20-37)19-24(38)17-29(39)33-10-9-23-7-8-26(41-5)27(16-23)42-6/h7-8,11-12,16,18,20-22,24H,9-10,13-15,17,19H2,1-6H3,(H,33,39). The number of carbonyl (C=O) groups excluding carboxylic acids is 2. The van der Waals surface area contributed by atoms with E-state index in [1.165, 1.54) is 0 Å². The van der Waals surface area contributed by atoms with Gasteiger partial charge in [-0.15, -0.1) is 0 Å². The summed E-state index contributed by atoms with van der Waals surface area (Å²) >= 11 is 0. The molecule has 11 nitrogen and oxygen atoms in total. The highest BCUT2D eigenvalue weighted by Crippen LogP contribution is 2.28. The lowest BCUT2D eigenvalue weighted by atomic mass is 10.0. The SMILES string of the molecule is COc1ccc(CCNC(=O)CC2CN(c3cc(C(C)C)nc(-n4ccnc4)n3)CCN2C(=O)CC(C)C)cc1OC. The van der Waals surface area contributed by atoms with Crippen molar-refractivity contribution in [3.63, 3.8) is 0 Å². The molecule has 0 aliphatic carbocycles. The first-order valence-electron chi connectivity index (χ1n) is 14.6. The Kier molecular flexibility index (Phi) is 10.4. The molecule has 3 heterocycles. The van der Waals surface area contributed by atoms with Gasteiger partial charge in [-0.3, -0.25) is 14.2 Å². The predicted molar refractivity (Wildman–Crippen MR) is 161 cm³/mol. The zero-order chi connectivity index (χ0) is 30.2. The summed E-state index contributed by atoms with van der Waals surface area (Å²) in [5, 5.41) is 3.05. The Morgan fingerprint density at radius 3 is 2.50 bits per heavy atom. The molecule has 0 saturated carbocycles. The summed E-state index contributed by atoms with van der Waals surface area (Å²) in [6.07, 6.45) is 6.51. The van der Waals surface area contributed by atoms with Crippen LogP contribution < -0.4 is 19.7 Å². The summed E-state index contributed by atoms with van der Waals surface area (Å²) in [5.74, 6) is 3.09. The highest BCUT2D eigenvalue weighted by molar-refractivity contribution is 5.80. The van der Waals surface area contributed by atoms with E-state index in [2.05, 4.69) is 29.0 Å². The van der Waals surface area contributed by atoms with E-state index in [0.717, 1.165) is 17.1 Å². The van der Waals surface area contributed by atoms with Crippen molar-refractivity contribution in [2.75, 3.05) is 45.3 Å². The molecule has 2 amide bonds. The second kappa shape index (κ2) is 14.2. The van der Waals surface area contributed by atoms with Gasteiger partial charge in [-0.05, 0) is 36.0 Å². The average Bonchev–Trinajstić information content (AvgIpc) is 3.51. The molecule has 1 saturated heterocycles. The van der Waals surface area contributed by atoms with E-state index in [1.807, 2.05) is 49.2 Å². The summed E-state index contributed by atoms with van der Waals surface area (Å²) in [7, 11) is 3.21. The largest absolute Gasteiger partial charge is 0.493 e. The first kappa shape index (κ1) is 30.8. The third-order valence-electron chi connectivity index (χ3n) is 7.36. The van der Waals surface area contributed by atoms with Crippen LogP contribution in [0.2, 0.25) is 0 Å². The maximum atomic E-state index is 13.2. The molecule has 2 aromatic heterocycles. The number of piperazine rings is 1. The van der Waals surface area contributed by atoms with Gasteiger partial charge in [0.15, 0.2) is 11.5 Å². The van der Waals surface area contributed by atoms with E-state index < -0.39 is 0 Å². The van der Waals surface area contributed by atoms with E-state index in [9.17, 15) is 9.59 Å². The summed E-state index contributed by atoms with van der Waals surface area (Å²) in [5.41, 5.74) is 1.95. The number of hydrogen-bond donors (Lipinski definition) is 1. The van der Waals surface area contributed by atoms with Gasteiger partial charge in [0.05, 0.1) is 26.0 Å². The fourth-order valence-corrected chi connectivity index (χ4v) is 5.09. The van der Waals surface area contributed by atoms with Crippen molar-refractivity contribution in [1.82, 2.24) is 29.7 Å². The molecule has 0 bridgehead atoms. The normalized spacial score (nSPS) is 15.3. The highest BCUT2D eigenvalue weighted by Gasteiger charge is 2.33. The van der Waals surface area contributed by atoms with Crippen LogP contribution in [0.3, 0.4) is 0 Å². The molecule has 1 unspecified atom stereocenters. The third-order valence-corrected chi connectivity index (χ3v) is 7.36. The molecule has 11 heteroatoms. The van der Waals surface area contributed by atoms with E-state index >= 15 is 0 Å². The lowest BCUT2D eigenvalue weighted by Crippen LogP contribution is -2.57. The van der Waals surface area contributed by atoms with Crippen LogP contribution in [0.1, 0.15) is 57.7 Å². The van der Waals surface area contributed by atoms with Crippen LogP contribution in [0.4, 0.5) is 5.82 Å². The van der Waals surface area contributed by atoms with Gasteiger partial charge in [-0.1, -0.05) is 33.8 Å². The number of imidazole rings is 1. The number of benzene rings is 1. The van der Waals surface area contributed by atoms with Gasteiger partial charge in [0.2, 0.25) is 17.8 Å². The zero-order valence-corrected chi connectivity index (χ0v) is 25.5. The molecule has 1 N–H and O–H groups in total. The minimum atomic E-state index is -0.278. The van der Waals surface area contributed by atoms with Crippen LogP contribution in [0.25, 0.3) is 5.95 Å². The topological polar surface area (TPSA) is 115 Å². The Balaban J connectivity index is 1.48. The maximum Gasteiger partial charge on any atom is 0.237 e. The van der Waals surface area contributed by atoms with Crippen LogP contribution >= 0.6 is 0 Å². The van der Waals surface area contributed by atoms with Crippen LogP contribution in [0, 0.1) is 5.92 Å². The fraction of sp³-hybridized carbons (Fsp3) is 0.516. The smallest absolute Gasteiger partial charge is 0.237 e. The molecule has 4 rings (SSSR count). The first-order chi connectivity index (χ1) is 20.2. The molecule has 0 radical (unpaired) electrons. The van der Waals surface area contributed by atoms with Gasteiger partial charge in [-0.25, -0.2) is 9.97 Å². The van der Waals surface area contributed by atoms with Crippen LogP contribution in [-0.2, 0) is 16.0 Å². The van der Waals surface area contributed by atoms with Crippen LogP contribution in [-0.4, -0.2) is 82.7 Å². The predicted octanol–water partition coefficient (Wildman–Crippen LogP) is 3.62. The van der Waals surface area contributed by atoms with Crippen molar-refractivity contribution in [2.45, 2.75) is 58.9 Å². The van der Waals surface area contributed by atoms with Crippen LogP contribution in [0.15, 0.2) is 43.0 Å². The number of rotatable bonds is 12. The van der Waals surface area contributed by atoms with Gasteiger partial charge >= 0.3 is 0 Å². The zero-order valence-electron chi connectivity index (χ0n) is 25.5. The van der Waals surface area contributed by atoms with E-state index in [1.54, 1.807) is 31.3 Å².